The molecule has 0 bridgehead atoms. The second kappa shape index (κ2) is 6.63. The predicted octanol–water partition coefficient (Wildman–Crippen LogP) is 2.84. The van der Waals surface area contributed by atoms with Crippen molar-refractivity contribution in [1.29, 1.82) is 0 Å². The van der Waals surface area contributed by atoms with E-state index in [9.17, 15) is 0 Å². The summed E-state index contributed by atoms with van der Waals surface area (Å²) in [5.41, 5.74) is 8.19. The Bertz CT molecular complexity index is 729. The third kappa shape index (κ3) is 3.76. The van der Waals surface area contributed by atoms with E-state index in [0.29, 0.717) is 18.0 Å². The van der Waals surface area contributed by atoms with Gasteiger partial charge in [-0.3, -0.25) is 5.10 Å². The first-order valence-corrected chi connectivity index (χ1v) is 9.25. The van der Waals surface area contributed by atoms with Gasteiger partial charge in [-0.1, -0.05) is 0 Å². The van der Waals surface area contributed by atoms with Gasteiger partial charge in [0.05, 0.1) is 0 Å². The highest BCUT2D eigenvalue weighted by atomic mass is 15.3. The number of aromatic amines is 1. The molecule has 2 aromatic heterocycles. The Labute approximate surface area is 148 Å². The zero-order valence-electron chi connectivity index (χ0n) is 15.0. The Morgan fingerprint density at radius 3 is 2.56 bits per heavy atom. The Morgan fingerprint density at radius 2 is 1.84 bits per heavy atom. The second-order valence-electron chi connectivity index (χ2n) is 7.48. The summed E-state index contributed by atoms with van der Waals surface area (Å²) >= 11 is 0. The van der Waals surface area contributed by atoms with Crippen molar-refractivity contribution in [3.63, 3.8) is 0 Å². The summed E-state index contributed by atoms with van der Waals surface area (Å²) in [6, 6.07) is 4.85. The van der Waals surface area contributed by atoms with Crippen LogP contribution in [0.3, 0.4) is 0 Å². The average molecular weight is 341 g/mol. The van der Waals surface area contributed by atoms with Gasteiger partial charge in [-0.15, -0.1) is 0 Å². The molecule has 2 fully saturated rings. The van der Waals surface area contributed by atoms with E-state index in [0.717, 1.165) is 49.0 Å². The van der Waals surface area contributed by atoms with Gasteiger partial charge in [-0.2, -0.15) is 10.1 Å². The number of hydrogen-bond acceptors (Lipinski definition) is 6. The van der Waals surface area contributed by atoms with E-state index < -0.39 is 0 Å². The number of aromatic nitrogens is 4. The maximum Gasteiger partial charge on any atom is 0.227 e. The van der Waals surface area contributed by atoms with Crippen molar-refractivity contribution >= 4 is 17.6 Å². The largest absolute Gasteiger partial charge is 0.341 e. The van der Waals surface area contributed by atoms with Gasteiger partial charge in [0.1, 0.15) is 5.82 Å². The van der Waals surface area contributed by atoms with Crippen molar-refractivity contribution in [1.82, 2.24) is 20.2 Å². The average Bonchev–Trinajstić information content (AvgIpc) is 3.34. The molecule has 0 atom stereocenters. The number of nitrogens with zero attached hydrogens (tertiary/aromatic N) is 4. The quantitative estimate of drug-likeness (QED) is 0.774. The highest BCUT2D eigenvalue weighted by Crippen LogP contribution is 2.39. The van der Waals surface area contributed by atoms with E-state index in [1.54, 1.807) is 0 Å². The first-order chi connectivity index (χ1) is 12.1. The molecule has 2 aromatic rings. The molecule has 4 N–H and O–H groups in total. The third-order valence-corrected chi connectivity index (χ3v) is 5.32. The van der Waals surface area contributed by atoms with Gasteiger partial charge >= 0.3 is 0 Å². The van der Waals surface area contributed by atoms with Gasteiger partial charge in [-0.25, -0.2) is 4.98 Å². The highest BCUT2D eigenvalue weighted by Gasteiger charge is 2.26. The molecule has 0 aliphatic heterocycles. The molecule has 0 unspecified atom stereocenters. The molecule has 134 valence electrons. The van der Waals surface area contributed by atoms with Crippen LogP contribution in [0.4, 0.5) is 17.6 Å². The van der Waals surface area contributed by atoms with Crippen molar-refractivity contribution < 1.29 is 0 Å². The first-order valence-electron chi connectivity index (χ1n) is 9.25. The van der Waals surface area contributed by atoms with Gasteiger partial charge in [-0.05, 0) is 45.4 Å². The number of rotatable bonds is 5. The van der Waals surface area contributed by atoms with Crippen LogP contribution in [-0.4, -0.2) is 39.3 Å². The van der Waals surface area contributed by atoms with Crippen LogP contribution in [0.25, 0.3) is 0 Å². The van der Waals surface area contributed by atoms with Crippen LogP contribution >= 0.6 is 0 Å². The Balaban J connectivity index is 1.49. The van der Waals surface area contributed by atoms with Gasteiger partial charge in [0.15, 0.2) is 5.82 Å². The minimum Gasteiger partial charge on any atom is -0.341 e. The summed E-state index contributed by atoms with van der Waals surface area (Å²) in [5.74, 6) is 3.03. The van der Waals surface area contributed by atoms with E-state index >= 15 is 0 Å². The van der Waals surface area contributed by atoms with Crippen molar-refractivity contribution in [2.45, 2.75) is 63.5 Å². The fraction of sp³-hybridized carbons (Fsp3) is 0.611. The lowest BCUT2D eigenvalue weighted by Gasteiger charge is -2.33. The van der Waals surface area contributed by atoms with E-state index in [-0.39, 0.29) is 0 Å². The molecular weight excluding hydrogens is 314 g/mol. The van der Waals surface area contributed by atoms with Crippen molar-refractivity contribution in [3.05, 3.63) is 23.5 Å². The molecule has 0 radical (unpaired) electrons. The number of H-pyrrole nitrogens is 1. The zero-order valence-corrected chi connectivity index (χ0v) is 15.0. The summed E-state index contributed by atoms with van der Waals surface area (Å²) in [6.07, 6.45) is 6.86. The summed E-state index contributed by atoms with van der Waals surface area (Å²) in [5, 5.41) is 10.8. The number of anilines is 3. The SMILES string of the molecule is Cc1cc(Nc2cc(C3CC3)[nH]n2)nc(N(C)C2CCC(N)CC2)n1. The minimum atomic E-state index is 0.348. The molecule has 0 saturated heterocycles. The summed E-state index contributed by atoms with van der Waals surface area (Å²) in [7, 11) is 2.08. The lowest BCUT2D eigenvalue weighted by atomic mass is 9.91. The van der Waals surface area contributed by atoms with Crippen molar-refractivity contribution in [2.24, 2.45) is 5.73 Å². The zero-order chi connectivity index (χ0) is 17.4. The van der Waals surface area contributed by atoms with E-state index in [2.05, 4.69) is 38.5 Å². The minimum absolute atomic E-state index is 0.348. The molecule has 7 heteroatoms. The van der Waals surface area contributed by atoms with E-state index in [4.69, 9.17) is 10.7 Å². The molecule has 7 nitrogen and oxygen atoms in total. The van der Waals surface area contributed by atoms with Crippen LogP contribution in [0.5, 0.6) is 0 Å². The summed E-state index contributed by atoms with van der Waals surface area (Å²) in [4.78, 5) is 11.5. The van der Waals surface area contributed by atoms with E-state index in [1.807, 2.05) is 13.0 Å². The molecule has 2 aliphatic carbocycles. The second-order valence-corrected chi connectivity index (χ2v) is 7.48. The first kappa shape index (κ1) is 16.3. The van der Waals surface area contributed by atoms with Crippen LogP contribution < -0.4 is 16.0 Å². The molecule has 25 heavy (non-hydrogen) atoms. The highest BCUT2D eigenvalue weighted by molar-refractivity contribution is 5.54. The molecular formula is C18H27N7. The normalized spacial score (nSPS) is 23.5. The maximum atomic E-state index is 6.03. The summed E-state index contributed by atoms with van der Waals surface area (Å²) in [6.45, 7) is 2.00. The molecule has 2 heterocycles. The summed E-state index contributed by atoms with van der Waals surface area (Å²) < 4.78 is 0. The molecule has 4 rings (SSSR count). The van der Waals surface area contributed by atoms with Crippen LogP contribution in [0.2, 0.25) is 0 Å². The lowest BCUT2D eigenvalue weighted by Crippen LogP contribution is -2.39. The fourth-order valence-electron chi connectivity index (χ4n) is 3.56. The monoisotopic (exact) mass is 341 g/mol. The van der Waals surface area contributed by atoms with Gasteiger partial charge < -0.3 is 16.0 Å². The van der Waals surface area contributed by atoms with Gasteiger partial charge in [0.25, 0.3) is 0 Å². The van der Waals surface area contributed by atoms with Crippen LogP contribution in [0, 0.1) is 6.92 Å². The standard InChI is InChI=1S/C18H27N7/c1-11-9-16(21-17-10-15(23-24-17)12-3-4-12)22-18(20-11)25(2)14-7-5-13(19)6-8-14/h9-10,12-14H,3-8,19H2,1-2H3,(H2,20,21,22,23,24). The van der Waals surface area contributed by atoms with Gasteiger partial charge in [0, 0.05) is 48.6 Å². The molecule has 2 aliphatic rings. The molecule has 0 aromatic carbocycles. The van der Waals surface area contributed by atoms with Crippen LogP contribution in [0.1, 0.15) is 55.8 Å². The molecule has 2 saturated carbocycles. The van der Waals surface area contributed by atoms with Gasteiger partial charge in [0.2, 0.25) is 5.95 Å². The fourth-order valence-corrected chi connectivity index (χ4v) is 3.56. The maximum absolute atomic E-state index is 6.03. The van der Waals surface area contributed by atoms with Crippen molar-refractivity contribution in [2.75, 3.05) is 17.3 Å². The van der Waals surface area contributed by atoms with Crippen LogP contribution in [-0.2, 0) is 0 Å². The van der Waals surface area contributed by atoms with E-state index in [1.165, 1.54) is 18.5 Å². The molecule has 0 spiro atoms. The molecule has 0 amide bonds. The third-order valence-electron chi connectivity index (χ3n) is 5.32. The smallest absolute Gasteiger partial charge is 0.227 e. The number of hydrogen-bond donors (Lipinski definition) is 3. The Hall–Kier alpha value is -2.15. The topological polar surface area (TPSA) is 95.8 Å². The van der Waals surface area contributed by atoms with Crippen LogP contribution in [0.15, 0.2) is 12.1 Å². The number of aryl methyl sites for hydroxylation is 1. The Morgan fingerprint density at radius 1 is 1.08 bits per heavy atom. The Kier molecular flexibility index (Phi) is 4.33. The van der Waals surface area contributed by atoms with Crippen molar-refractivity contribution in [3.8, 4) is 0 Å². The number of nitrogens with two attached hydrogens (primary N) is 1. The lowest BCUT2D eigenvalue weighted by molar-refractivity contribution is 0.382. The predicted molar refractivity (Wildman–Crippen MR) is 99.2 cm³/mol. The number of nitrogens with one attached hydrogen (secondary N) is 2.